The van der Waals surface area contributed by atoms with Crippen molar-refractivity contribution in [3.63, 3.8) is 0 Å². The van der Waals surface area contributed by atoms with Crippen LogP contribution in [0.15, 0.2) is 66.7 Å². The van der Waals surface area contributed by atoms with Crippen molar-refractivity contribution < 1.29 is 14.3 Å². The predicted molar refractivity (Wildman–Crippen MR) is 111 cm³/mol. The maximum atomic E-state index is 12.4. The molecule has 2 amide bonds. The molecular formula is C23H23N3O3. The number of hydrogen-bond acceptors (Lipinski definition) is 4. The van der Waals surface area contributed by atoms with Crippen molar-refractivity contribution >= 4 is 11.8 Å². The fourth-order valence-electron chi connectivity index (χ4n) is 2.78. The second kappa shape index (κ2) is 9.50. The van der Waals surface area contributed by atoms with E-state index >= 15 is 0 Å². The first kappa shape index (κ1) is 20.1. The number of methoxy groups -OCH3 is 1. The highest BCUT2D eigenvalue weighted by Crippen LogP contribution is 2.11. The topological polar surface area (TPSA) is 80.3 Å². The van der Waals surface area contributed by atoms with Gasteiger partial charge < -0.3 is 15.4 Å². The molecule has 0 saturated carbocycles. The van der Waals surface area contributed by atoms with Gasteiger partial charge in [-0.3, -0.25) is 9.59 Å². The quantitative estimate of drug-likeness (QED) is 0.650. The number of aryl methyl sites for hydroxylation is 1. The summed E-state index contributed by atoms with van der Waals surface area (Å²) >= 11 is 0. The van der Waals surface area contributed by atoms with Crippen LogP contribution in [-0.2, 0) is 13.1 Å². The van der Waals surface area contributed by atoms with Gasteiger partial charge in [0.15, 0.2) is 0 Å². The van der Waals surface area contributed by atoms with E-state index in [1.165, 1.54) is 0 Å². The lowest BCUT2D eigenvalue weighted by Crippen LogP contribution is -2.27. The molecule has 3 aromatic rings. The van der Waals surface area contributed by atoms with Gasteiger partial charge in [0, 0.05) is 13.1 Å². The van der Waals surface area contributed by atoms with Crippen LogP contribution in [0.3, 0.4) is 0 Å². The minimum atomic E-state index is -0.339. The number of nitrogens with zero attached hydrogens (tertiary/aromatic N) is 1. The Bertz CT molecular complexity index is 1000. The number of benzene rings is 2. The maximum absolute atomic E-state index is 12.4. The van der Waals surface area contributed by atoms with Crippen LogP contribution in [0.5, 0.6) is 5.75 Å². The lowest BCUT2D eigenvalue weighted by molar-refractivity contribution is 0.0941. The number of ether oxygens (including phenoxy) is 1. The van der Waals surface area contributed by atoms with Crippen molar-refractivity contribution in [2.45, 2.75) is 20.0 Å². The van der Waals surface area contributed by atoms with Crippen LogP contribution in [-0.4, -0.2) is 23.9 Å². The minimum absolute atomic E-state index is 0.196. The van der Waals surface area contributed by atoms with Gasteiger partial charge in [0.1, 0.15) is 17.1 Å². The standard InChI is InChI=1S/C23H23N3O3/c1-16-6-3-4-7-18(16)15-25-23(28)21-9-5-8-20(26-21)22(27)24-14-17-10-12-19(29-2)13-11-17/h3-13H,14-15H2,1-2H3,(H,24,27)(H,25,28). The number of pyridine rings is 1. The summed E-state index contributed by atoms with van der Waals surface area (Å²) in [5.41, 5.74) is 3.48. The molecular weight excluding hydrogens is 366 g/mol. The highest BCUT2D eigenvalue weighted by atomic mass is 16.5. The number of nitrogens with one attached hydrogen (secondary N) is 2. The predicted octanol–water partition coefficient (Wildman–Crippen LogP) is 3.26. The van der Waals surface area contributed by atoms with Crippen molar-refractivity contribution in [3.8, 4) is 5.75 Å². The Morgan fingerprint density at radius 1 is 0.828 bits per heavy atom. The average molecular weight is 389 g/mol. The molecule has 148 valence electrons. The molecule has 29 heavy (non-hydrogen) atoms. The second-order valence-corrected chi connectivity index (χ2v) is 6.55. The smallest absolute Gasteiger partial charge is 0.270 e. The molecule has 0 aliphatic carbocycles. The molecule has 0 fully saturated rings. The Balaban J connectivity index is 1.59. The summed E-state index contributed by atoms with van der Waals surface area (Å²) in [6, 6.07) is 20.1. The normalized spacial score (nSPS) is 10.3. The Kier molecular flexibility index (Phi) is 6.58. The maximum Gasteiger partial charge on any atom is 0.270 e. The van der Waals surface area contributed by atoms with E-state index in [0.717, 1.165) is 22.4 Å². The molecule has 1 heterocycles. The van der Waals surface area contributed by atoms with Crippen LogP contribution in [0, 0.1) is 6.92 Å². The van der Waals surface area contributed by atoms with E-state index in [4.69, 9.17) is 4.74 Å². The highest BCUT2D eigenvalue weighted by Gasteiger charge is 2.12. The Morgan fingerprint density at radius 2 is 1.45 bits per heavy atom. The molecule has 0 atom stereocenters. The van der Waals surface area contributed by atoms with Gasteiger partial charge in [0.25, 0.3) is 11.8 Å². The fraction of sp³-hybridized carbons (Fsp3) is 0.174. The Labute approximate surface area is 169 Å². The largest absolute Gasteiger partial charge is 0.497 e. The van der Waals surface area contributed by atoms with Gasteiger partial charge in [-0.05, 0) is 47.9 Å². The van der Waals surface area contributed by atoms with Crippen LogP contribution in [0.25, 0.3) is 0 Å². The SMILES string of the molecule is COc1ccc(CNC(=O)c2cccc(C(=O)NCc3ccccc3C)n2)cc1. The summed E-state index contributed by atoms with van der Waals surface area (Å²) in [4.78, 5) is 29.0. The van der Waals surface area contributed by atoms with Gasteiger partial charge in [-0.15, -0.1) is 0 Å². The molecule has 1 aromatic heterocycles. The fourth-order valence-corrected chi connectivity index (χ4v) is 2.78. The van der Waals surface area contributed by atoms with Crippen molar-refractivity contribution in [1.29, 1.82) is 0 Å². The van der Waals surface area contributed by atoms with Crippen LogP contribution in [0.1, 0.15) is 37.7 Å². The summed E-state index contributed by atoms with van der Waals surface area (Å²) < 4.78 is 5.12. The molecule has 0 saturated heterocycles. The molecule has 0 aliphatic heterocycles. The lowest BCUT2D eigenvalue weighted by Gasteiger charge is -2.09. The number of amides is 2. The van der Waals surface area contributed by atoms with Crippen molar-refractivity contribution in [2.75, 3.05) is 7.11 Å². The zero-order valence-corrected chi connectivity index (χ0v) is 16.4. The summed E-state index contributed by atoms with van der Waals surface area (Å²) in [6.45, 7) is 2.75. The van der Waals surface area contributed by atoms with E-state index in [0.29, 0.717) is 13.1 Å². The van der Waals surface area contributed by atoms with Gasteiger partial charge in [0.2, 0.25) is 0 Å². The zero-order valence-electron chi connectivity index (χ0n) is 16.4. The van der Waals surface area contributed by atoms with Crippen molar-refractivity contribution in [3.05, 3.63) is 94.8 Å². The molecule has 2 N–H and O–H groups in total. The third-order valence-electron chi connectivity index (χ3n) is 4.53. The van der Waals surface area contributed by atoms with E-state index in [1.807, 2.05) is 55.5 Å². The third-order valence-corrected chi connectivity index (χ3v) is 4.53. The molecule has 0 bridgehead atoms. The number of rotatable bonds is 7. The summed E-state index contributed by atoms with van der Waals surface area (Å²) in [5.74, 6) is 0.0959. The zero-order chi connectivity index (χ0) is 20.6. The summed E-state index contributed by atoms with van der Waals surface area (Å²) in [6.07, 6.45) is 0. The second-order valence-electron chi connectivity index (χ2n) is 6.55. The molecule has 0 unspecified atom stereocenters. The van der Waals surface area contributed by atoms with E-state index in [2.05, 4.69) is 15.6 Å². The van der Waals surface area contributed by atoms with Crippen molar-refractivity contribution in [1.82, 2.24) is 15.6 Å². The first-order valence-corrected chi connectivity index (χ1v) is 9.27. The van der Waals surface area contributed by atoms with Gasteiger partial charge >= 0.3 is 0 Å². The van der Waals surface area contributed by atoms with Crippen LogP contribution in [0.2, 0.25) is 0 Å². The molecule has 3 rings (SSSR count). The van der Waals surface area contributed by atoms with E-state index in [9.17, 15) is 9.59 Å². The molecule has 0 spiro atoms. The third kappa shape index (κ3) is 5.42. The minimum Gasteiger partial charge on any atom is -0.497 e. The summed E-state index contributed by atoms with van der Waals surface area (Å²) in [7, 11) is 1.60. The number of hydrogen-bond donors (Lipinski definition) is 2. The number of carbonyl (C=O) groups excluding carboxylic acids is 2. The average Bonchev–Trinajstić information content (AvgIpc) is 2.77. The highest BCUT2D eigenvalue weighted by molar-refractivity contribution is 5.96. The van der Waals surface area contributed by atoms with E-state index < -0.39 is 0 Å². The molecule has 6 heteroatoms. The van der Waals surface area contributed by atoms with Crippen LogP contribution >= 0.6 is 0 Å². The Hall–Kier alpha value is -3.67. The number of aromatic nitrogens is 1. The van der Waals surface area contributed by atoms with Crippen molar-refractivity contribution in [2.24, 2.45) is 0 Å². The monoisotopic (exact) mass is 389 g/mol. The van der Waals surface area contributed by atoms with E-state index in [-0.39, 0.29) is 23.2 Å². The summed E-state index contributed by atoms with van der Waals surface area (Å²) in [5, 5.41) is 5.66. The lowest BCUT2D eigenvalue weighted by atomic mass is 10.1. The molecule has 0 radical (unpaired) electrons. The molecule has 0 aliphatic rings. The van der Waals surface area contributed by atoms with Gasteiger partial charge in [-0.2, -0.15) is 0 Å². The van der Waals surface area contributed by atoms with Crippen LogP contribution < -0.4 is 15.4 Å². The van der Waals surface area contributed by atoms with E-state index in [1.54, 1.807) is 25.3 Å². The van der Waals surface area contributed by atoms with Gasteiger partial charge in [0.05, 0.1) is 7.11 Å². The molecule has 6 nitrogen and oxygen atoms in total. The first-order chi connectivity index (χ1) is 14.1. The van der Waals surface area contributed by atoms with Gasteiger partial charge in [-0.1, -0.05) is 42.5 Å². The Morgan fingerprint density at radius 3 is 2.07 bits per heavy atom. The first-order valence-electron chi connectivity index (χ1n) is 9.27. The number of carbonyl (C=O) groups is 2. The van der Waals surface area contributed by atoms with Crippen LogP contribution in [0.4, 0.5) is 0 Å². The molecule has 2 aromatic carbocycles. The van der Waals surface area contributed by atoms with Gasteiger partial charge in [-0.25, -0.2) is 4.98 Å².